The summed E-state index contributed by atoms with van der Waals surface area (Å²) in [4.78, 5) is 2.62. The van der Waals surface area contributed by atoms with Crippen molar-refractivity contribution < 1.29 is 0 Å². The lowest BCUT2D eigenvalue weighted by molar-refractivity contribution is 0.768. The van der Waals surface area contributed by atoms with E-state index in [9.17, 15) is 0 Å². The summed E-state index contributed by atoms with van der Waals surface area (Å²) in [7, 11) is 0. The van der Waals surface area contributed by atoms with Gasteiger partial charge in [0.2, 0.25) is 0 Å². The second kappa shape index (κ2) is 15.0. The lowest BCUT2D eigenvalue weighted by Crippen LogP contribution is -2.28. The van der Waals surface area contributed by atoms with Crippen LogP contribution in [0, 0.1) is 0 Å². The van der Waals surface area contributed by atoms with Gasteiger partial charge in [0, 0.05) is 26.7 Å². The molecule has 2 heteroatoms. The molecule has 0 amide bonds. The van der Waals surface area contributed by atoms with Gasteiger partial charge in [0.15, 0.2) is 0 Å². The van der Waals surface area contributed by atoms with Crippen LogP contribution in [0.2, 0.25) is 0 Å². The van der Waals surface area contributed by atoms with Crippen LogP contribution >= 0.6 is 11.3 Å². The highest BCUT2D eigenvalue weighted by Gasteiger charge is 2.53. The van der Waals surface area contributed by atoms with E-state index in [4.69, 9.17) is 0 Å². The van der Waals surface area contributed by atoms with Crippen molar-refractivity contribution in [3.05, 3.63) is 305 Å². The molecule has 15 rings (SSSR count). The fourth-order valence-electron chi connectivity index (χ4n) is 13.1. The maximum Gasteiger partial charge on any atom is 0.0726 e. The molecule has 70 heavy (non-hydrogen) atoms. The van der Waals surface area contributed by atoms with Crippen LogP contribution in [0.25, 0.3) is 64.7 Å². The van der Waals surface area contributed by atoms with Gasteiger partial charge in [-0.15, -0.1) is 11.3 Å². The molecule has 1 aromatic heterocycles. The lowest BCUT2D eigenvalue weighted by atomic mass is 9.67. The van der Waals surface area contributed by atoms with E-state index in [1.54, 1.807) is 0 Å². The van der Waals surface area contributed by atoms with E-state index in [2.05, 4.69) is 266 Å². The topological polar surface area (TPSA) is 3.24 Å². The zero-order chi connectivity index (χ0) is 46.0. The lowest BCUT2D eigenvalue weighted by Gasteiger charge is -2.35. The first-order chi connectivity index (χ1) is 34.8. The highest BCUT2D eigenvalue weighted by Crippen LogP contribution is 2.65. The first-order valence-electron chi connectivity index (χ1n) is 24.3. The molecular weight excluding hydrogens is 863 g/mol. The summed E-state index contributed by atoms with van der Waals surface area (Å²) in [6.45, 7) is 0. The Morgan fingerprint density at radius 1 is 0.286 bits per heavy atom. The monoisotopic (exact) mass is 905 g/mol. The van der Waals surface area contributed by atoms with E-state index in [0.717, 1.165) is 17.1 Å². The average Bonchev–Trinajstić information content (AvgIpc) is 4.16. The molecule has 3 aliphatic rings. The van der Waals surface area contributed by atoms with Crippen molar-refractivity contribution in [1.29, 1.82) is 0 Å². The number of fused-ring (bicyclic) bond motifs is 16. The van der Waals surface area contributed by atoms with E-state index in [1.165, 1.54) is 109 Å². The molecule has 1 nitrogen and oxygen atoms in total. The minimum atomic E-state index is -0.559. The van der Waals surface area contributed by atoms with Crippen LogP contribution in [0.1, 0.15) is 44.5 Å². The number of nitrogens with zero attached hydrogens (tertiary/aromatic N) is 1. The Labute approximate surface area is 411 Å². The highest BCUT2D eigenvalue weighted by molar-refractivity contribution is 7.27. The summed E-state index contributed by atoms with van der Waals surface area (Å²) in [5.41, 5.74) is 23.0. The quantitative estimate of drug-likeness (QED) is 0.161. The highest BCUT2D eigenvalue weighted by atomic mass is 32.1. The molecule has 0 unspecified atom stereocenters. The van der Waals surface area contributed by atoms with Crippen molar-refractivity contribution in [3.63, 3.8) is 0 Å². The third kappa shape index (κ3) is 5.16. The second-order valence-corrected chi connectivity index (χ2v) is 20.0. The van der Waals surface area contributed by atoms with Gasteiger partial charge in [-0.3, -0.25) is 0 Å². The minimum Gasteiger partial charge on any atom is -0.308 e. The summed E-state index contributed by atoms with van der Waals surface area (Å²) >= 11 is 1.91. The van der Waals surface area contributed by atoms with Crippen molar-refractivity contribution in [1.82, 2.24) is 0 Å². The number of benzene rings is 11. The normalized spacial score (nSPS) is 13.9. The molecule has 1 spiro atoms. The Morgan fingerprint density at radius 3 is 1.36 bits per heavy atom. The standard InChI is InChI=1S/C68H43NS/c1-4-21-44(22-5-1)48-31-18-32-53-54-33-19-40-63(66(54)70-65(48)53)69(47-41-42-52-51-29-10-14-34-56(51)67(61(52)43-47,45-23-6-2-7-24-45)46-25-8-3-9-26-46)62-39-20-38-60-64(62)55-30-13-17-37-59(55)68(60)57-35-15-11-27-49(57)50-28-12-16-36-58(50)68/h1-43H. The van der Waals surface area contributed by atoms with Crippen LogP contribution in [0.4, 0.5) is 17.1 Å². The SMILES string of the molecule is c1ccc(-c2cccc3c2sc2c(N(c4ccc5c(c4)C(c4ccccc4)(c4ccccc4)c4ccccc4-5)c4cccc5c4-c4ccccc4C54c5ccccc5-c5ccccc54)cccc23)cc1. The third-order valence-electron chi connectivity index (χ3n) is 15.8. The average molecular weight is 906 g/mol. The Morgan fingerprint density at radius 2 is 0.729 bits per heavy atom. The summed E-state index contributed by atoms with van der Waals surface area (Å²) in [5.74, 6) is 0. The van der Waals surface area contributed by atoms with Gasteiger partial charge in [0.1, 0.15) is 0 Å². The second-order valence-electron chi connectivity index (χ2n) is 19.0. The fourth-order valence-corrected chi connectivity index (χ4v) is 14.5. The van der Waals surface area contributed by atoms with E-state index >= 15 is 0 Å². The minimum absolute atomic E-state index is 0.482. The Balaban J connectivity index is 1.06. The molecule has 0 N–H and O–H groups in total. The van der Waals surface area contributed by atoms with Gasteiger partial charge in [-0.25, -0.2) is 0 Å². The van der Waals surface area contributed by atoms with Crippen LogP contribution in [-0.4, -0.2) is 0 Å². The maximum atomic E-state index is 2.62. The zero-order valence-electron chi connectivity index (χ0n) is 38.2. The van der Waals surface area contributed by atoms with Gasteiger partial charge in [-0.05, 0) is 108 Å². The van der Waals surface area contributed by atoms with E-state index < -0.39 is 10.8 Å². The molecule has 0 atom stereocenters. The summed E-state index contributed by atoms with van der Waals surface area (Å²) < 4.78 is 2.56. The van der Waals surface area contributed by atoms with Crippen molar-refractivity contribution in [3.8, 4) is 44.5 Å². The number of hydrogen-bond acceptors (Lipinski definition) is 2. The molecule has 0 saturated carbocycles. The van der Waals surface area contributed by atoms with Crippen LogP contribution in [0.5, 0.6) is 0 Å². The van der Waals surface area contributed by atoms with Gasteiger partial charge in [0.25, 0.3) is 0 Å². The van der Waals surface area contributed by atoms with E-state index in [1.807, 2.05) is 11.3 Å². The number of thiophene rings is 1. The van der Waals surface area contributed by atoms with Crippen LogP contribution in [0.3, 0.4) is 0 Å². The summed E-state index contributed by atoms with van der Waals surface area (Å²) in [6, 6.07) is 98.0. The number of hydrogen-bond donors (Lipinski definition) is 0. The van der Waals surface area contributed by atoms with Gasteiger partial charge in [-0.1, -0.05) is 237 Å². The summed E-state index contributed by atoms with van der Waals surface area (Å²) in [6.07, 6.45) is 0. The van der Waals surface area contributed by atoms with Crippen molar-refractivity contribution in [2.45, 2.75) is 10.8 Å². The first kappa shape index (κ1) is 39.4. The fraction of sp³-hybridized carbons (Fsp3) is 0.0294. The Bertz CT molecular complexity index is 3990. The molecule has 0 bridgehead atoms. The molecule has 0 saturated heterocycles. The first-order valence-corrected chi connectivity index (χ1v) is 25.2. The molecule has 0 radical (unpaired) electrons. The molecule has 0 aliphatic heterocycles. The third-order valence-corrected chi connectivity index (χ3v) is 17.0. The van der Waals surface area contributed by atoms with Crippen molar-refractivity contribution in [2.75, 3.05) is 4.90 Å². The predicted octanol–water partition coefficient (Wildman–Crippen LogP) is 17.9. The van der Waals surface area contributed by atoms with Gasteiger partial charge < -0.3 is 4.90 Å². The molecule has 326 valence electrons. The smallest absolute Gasteiger partial charge is 0.0726 e. The number of rotatable bonds is 6. The molecule has 12 aromatic rings. The Kier molecular flexibility index (Phi) is 8.43. The van der Waals surface area contributed by atoms with Gasteiger partial charge >= 0.3 is 0 Å². The van der Waals surface area contributed by atoms with Crippen LogP contribution in [-0.2, 0) is 10.8 Å². The molecule has 11 aromatic carbocycles. The summed E-state index contributed by atoms with van der Waals surface area (Å²) in [5, 5.41) is 2.54. The van der Waals surface area contributed by atoms with E-state index in [0.29, 0.717) is 0 Å². The zero-order valence-corrected chi connectivity index (χ0v) is 39.0. The van der Waals surface area contributed by atoms with Crippen molar-refractivity contribution >= 4 is 48.6 Å². The predicted molar refractivity (Wildman–Crippen MR) is 293 cm³/mol. The maximum absolute atomic E-state index is 2.62. The molecule has 0 fully saturated rings. The van der Waals surface area contributed by atoms with Gasteiger partial charge in [0.05, 0.1) is 26.9 Å². The van der Waals surface area contributed by atoms with Crippen LogP contribution in [0.15, 0.2) is 261 Å². The van der Waals surface area contributed by atoms with Crippen LogP contribution < -0.4 is 4.90 Å². The van der Waals surface area contributed by atoms with Gasteiger partial charge in [-0.2, -0.15) is 0 Å². The van der Waals surface area contributed by atoms with E-state index in [-0.39, 0.29) is 0 Å². The largest absolute Gasteiger partial charge is 0.308 e. The van der Waals surface area contributed by atoms with Crippen molar-refractivity contribution in [2.24, 2.45) is 0 Å². The Hall–Kier alpha value is -8.56. The molecular formula is C68H43NS. The molecule has 3 aliphatic carbocycles. The number of anilines is 3. The molecule has 1 heterocycles.